The normalized spacial score (nSPS) is 54.3. The van der Waals surface area contributed by atoms with Crippen molar-refractivity contribution in [1.29, 1.82) is 0 Å². The van der Waals surface area contributed by atoms with Gasteiger partial charge in [-0.25, -0.2) is 0 Å². The molecular weight excluding hydrogens is 134 g/mol. The highest BCUT2D eigenvalue weighted by atomic mass is 15.2. The van der Waals surface area contributed by atoms with Gasteiger partial charge in [0.25, 0.3) is 0 Å². The fraction of sp³-hybridized carbons (Fsp3) is 1.00. The van der Waals surface area contributed by atoms with E-state index in [0.717, 1.165) is 17.9 Å². The minimum absolute atomic E-state index is 1.04. The Morgan fingerprint density at radius 3 is 2.45 bits per heavy atom. The lowest BCUT2D eigenvalue weighted by Gasteiger charge is -2.58. The molecule has 0 radical (unpaired) electrons. The average Bonchev–Trinajstić information content (AvgIpc) is 2.30. The molecule has 3 aliphatic rings. The van der Waals surface area contributed by atoms with E-state index in [1.54, 1.807) is 12.8 Å². The molecule has 0 spiro atoms. The third-order valence-electron chi connectivity index (χ3n) is 4.39. The second-order valence-corrected chi connectivity index (χ2v) is 4.48. The Bertz CT molecular complexity index is 172. The van der Waals surface area contributed by atoms with Crippen LogP contribution in [0.1, 0.15) is 26.2 Å². The van der Waals surface area contributed by atoms with Gasteiger partial charge in [-0.2, -0.15) is 0 Å². The number of hydrogen-bond acceptors (Lipinski definition) is 1. The van der Waals surface area contributed by atoms with Crippen LogP contribution < -0.4 is 0 Å². The Morgan fingerprint density at radius 2 is 1.82 bits per heavy atom. The fourth-order valence-electron chi connectivity index (χ4n) is 3.69. The van der Waals surface area contributed by atoms with Gasteiger partial charge in [0.05, 0.1) is 0 Å². The molecule has 62 valence electrons. The second kappa shape index (κ2) is 2.01. The number of likely N-dealkylation sites (tertiary alicyclic amines) is 1. The Kier molecular flexibility index (Phi) is 1.18. The SMILES string of the molecule is CCN1CCC2[C@@H]1[C@H]1CC[C@@H]21. The van der Waals surface area contributed by atoms with Crippen LogP contribution in [-0.4, -0.2) is 24.0 Å². The Balaban J connectivity index is 1.78. The van der Waals surface area contributed by atoms with Gasteiger partial charge in [-0.15, -0.1) is 0 Å². The van der Waals surface area contributed by atoms with Gasteiger partial charge in [0.1, 0.15) is 0 Å². The smallest absolute Gasteiger partial charge is 0.0158 e. The van der Waals surface area contributed by atoms with Gasteiger partial charge in [0.15, 0.2) is 0 Å². The second-order valence-electron chi connectivity index (χ2n) is 4.48. The number of hydrogen-bond donors (Lipinski definition) is 0. The van der Waals surface area contributed by atoms with Crippen LogP contribution in [0.15, 0.2) is 0 Å². The predicted molar refractivity (Wildman–Crippen MR) is 45.4 cm³/mol. The largest absolute Gasteiger partial charge is 0.300 e. The van der Waals surface area contributed by atoms with Gasteiger partial charge < -0.3 is 4.90 Å². The Hall–Kier alpha value is -0.0400. The maximum atomic E-state index is 2.71. The summed E-state index contributed by atoms with van der Waals surface area (Å²) in [5.74, 6) is 3.45. The van der Waals surface area contributed by atoms with Crippen molar-refractivity contribution in [3.8, 4) is 0 Å². The summed E-state index contributed by atoms with van der Waals surface area (Å²) in [4.78, 5) is 2.71. The number of rotatable bonds is 1. The molecule has 0 aromatic carbocycles. The first kappa shape index (κ1) is 6.47. The van der Waals surface area contributed by atoms with E-state index >= 15 is 0 Å². The van der Waals surface area contributed by atoms with Crippen LogP contribution in [0.4, 0.5) is 0 Å². The summed E-state index contributed by atoms with van der Waals surface area (Å²) in [7, 11) is 0. The van der Waals surface area contributed by atoms with E-state index in [-0.39, 0.29) is 0 Å². The van der Waals surface area contributed by atoms with Gasteiger partial charge in [-0.05, 0) is 50.1 Å². The standard InChI is InChI=1S/C10H17N/c1-2-11-6-5-9-7-3-4-8(7)10(9)11/h7-10H,2-6H2,1H3/t7-,8+,9?,10+/m1/s1. The summed E-state index contributed by atoms with van der Waals surface area (Å²) in [5, 5.41) is 0. The van der Waals surface area contributed by atoms with Crippen molar-refractivity contribution < 1.29 is 0 Å². The summed E-state index contributed by atoms with van der Waals surface area (Å²) < 4.78 is 0. The van der Waals surface area contributed by atoms with Gasteiger partial charge in [-0.3, -0.25) is 0 Å². The Labute approximate surface area is 68.8 Å². The summed E-state index contributed by atoms with van der Waals surface area (Å²) >= 11 is 0. The van der Waals surface area contributed by atoms with Gasteiger partial charge in [-0.1, -0.05) is 6.92 Å². The lowest BCUT2D eigenvalue weighted by Crippen LogP contribution is -2.59. The van der Waals surface area contributed by atoms with Crippen LogP contribution in [-0.2, 0) is 0 Å². The van der Waals surface area contributed by atoms with E-state index in [1.807, 2.05) is 0 Å². The summed E-state index contributed by atoms with van der Waals surface area (Å²) in [6.45, 7) is 5.01. The molecule has 1 unspecified atom stereocenters. The van der Waals surface area contributed by atoms with E-state index in [4.69, 9.17) is 0 Å². The van der Waals surface area contributed by atoms with Gasteiger partial charge in [0, 0.05) is 6.04 Å². The molecule has 11 heavy (non-hydrogen) atoms. The van der Waals surface area contributed by atoms with Crippen LogP contribution in [0, 0.1) is 17.8 Å². The molecule has 1 nitrogen and oxygen atoms in total. The lowest BCUT2D eigenvalue weighted by molar-refractivity contribution is -0.0848. The summed E-state index contributed by atoms with van der Waals surface area (Å²) in [6.07, 6.45) is 4.62. The molecule has 0 amide bonds. The van der Waals surface area contributed by atoms with Crippen molar-refractivity contribution in [1.82, 2.24) is 4.90 Å². The third kappa shape index (κ3) is 0.618. The first-order valence-electron chi connectivity index (χ1n) is 5.16. The molecule has 1 heteroatoms. The first-order chi connectivity index (χ1) is 5.42. The molecule has 0 aromatic rings. The van der Waals surface area contributed by atoms with Crippen LogP contribution in [0.5, 0.6) is 0 Å². The predicted octanol–water partition coefficient (Wildman–Crippen LogP) is 1.74. The first-order valence-corrected chi connectivity index (χ1v) is 5.16. The average molecular weight is 151 g/mol. The molecule has 0 N–H and O–H groups in total. The number of fused-ring (bicyclic) bond motifs is 4. The molecule has 1 heterocycles. The maximum absolute atomic E-state index is 2.71. The van der Waals surface area contributed by atoms with Gasteiger partial charge in [0.2, 0.25) is 0 Å². The minimum Gasteiger partial charge on any atom is -0.300 e. The van der Waals surface area contributed by atoms with E-state index in [2.05, 4.69) is 11.8 Å². The highest BCUT2D eigenvalue weighted by Gasteiger charge is 2.58. The maximum Gasteiger partial charge on any atom is 0.0158 e. The molecule has 1 saturated heterocycles. The lowest BCUT2D eigenvalue weighted by atomic mass is 9.50. The third-order valence-corrected chi connectivity index (χ3v) is 4.39. The molecule has 0 aromatic heterocycles. The molecule has 1 aliphatic heterocycles. The molecule has 2 saturated carbocycles. The van der Waals surface area contributed by atoms with Gasteiger partial charge >= 0.3 is 0 Å². The Morgan fingerprint density at radius 1 is 1.09 bits per heavy atom. The quantitative estimate of drug-likeness (QED) is 0.551. The number of nitrogens with zero attached hydrogens (tertiary/aromatic N) is 1. The highest BCUT2D eigenvalue weighted by molar-refractivity contribution is 5.10. The van der Waals surface area contributed by atoms with Crippen molar-refractivity contribution in [3.63, 3.8) is 0 Å². The van der Waals surface area contributed by atoms with Crippen LogP contribution in [0.2, 0.25) is 0 Å². The van der Waals surface area contributed by atoms with Crippen molar-refractivity contribution >= 4 is 0 Å². The van der Waals surface area contributed by atoms with Crippen molar-refractivity contribution in [2.24, 2.45) is 17.8 Å². The molecule has 3 fully saturated rings. The van der Waals surface area contributed by atoms with Crippen molar-refractivity contribution in [3.05, 3.63) is 0 Å². The van der Waals surface area contributed by atoms with Crippen molar-refractivity contribution in [2.75, 3.05) is 13.1 Å². The molecular formula is C10H17N. The zero-order valence-electron chi connectivity index (χ0n) is 7.29. The molecule has 0 bridgehead atoms. The van der Waals surface area contributed by atoms with Crippen molar-refractivity contribution in [2.45, 2.75) is 32.2 Å². The van der Waals surface area contributed by atoms with E-state index < -0.39 is 0 Å². The molecule has 3 rings (SSSR count). The zero-order valence-corrected chi connectivity index (χ0v) is 7.29. The zero-order chi connectivity index (χ0) is 7.42. The monoisotopic (exact) mass is 151 g/mol. The van der Waals surface area contributed by atoms with Crippen LogP contribution in [0.25, 0.3) is 0 Å². The van der Waals surface area contributed by atoms with Crippen LogP contribution >= 0.6 is 0 Å². The summed E-state index contributed by atoms with van der Waals surface area (Å²) in [6, 6.07) is 1.04. The summed E-state index contributed by atoms with van der Waals surface area (Å²) in [5.41, 5.74) is 0. The van der Waals surface area contributed by atoms with E-state index in [0.29, 0.717) is 0 Å². The topological polar surface area (TPSA) is 3.24 Å². The highest BCUT2D eigenvalue weighted by Crippen LogP contribution is 2.59. The molecule has 2 aliphatic carbocycles. The minimum atomic E-state index is 1.04. The molecule has 4 atom stereocenters. The van der Waals surface area contributed by atoms with Crippen LogP contribution in [0.3, 0.4) is 0 Å². The van der Waals surface area contributed by atoms with E-state index in [9.17, 15) is 0 Å². The fourth-order valence-corrected chi connectivity index (χ4v) is 3.69. The van der Waals surface area contributed by atoms with E-state index in [1.165, 1.54) is 25.4 Å².